The standard InChI is InChI=1S/C18H22Cl2N4O4S/c1-12-22-16(28-23-12)6-3-9-21-18(25)13-7-10-24(11-8-13)29(26,27)17-14(19)4-2-5-15(17)20/h2,4-5,13H,3,6-11H2,1H3,(H,21,25). The number of piperidine rings is 1. The summed E-state index contributed by atoms with van der Waals surface area (Å²) in [5, 5.41) is 6.80. The summed E-state index contributed by atoms with van der Waals surface area (Å²) in [6.07, 6.45) is 2.16. The number of halogens is 2. The first-order valence-corrected chi connectivity index (χ1v) is 11.5. The molecule has 0 saturated carbocycles. The number of amides is 1. The highest BCUT2D eigenvalue weighted by Crippen LogP contribution is 2.33. The molecule has 2 heterocycles. The summed E-state index contributed by atoms with van der Waals surface area (Å²) >= 11 is 12.1. The average Bonchev–Trinajstić information content (AvgIpc) is 3.10. The summed E-state index contributed by atoms with van der Waals surface area (Å²) in [6.45, 7) is 2.72. The van der Waals surface area contributed by atoms with Crippen molar-refractivity contribution in [3.63, 3.8) is 0 Å². The van der Waals surface area contributed by atoms with Gasteiger partial charge in [-0.15, -0.1) is 0 Å². The molecule has 1 N–H and O–H groups in total. The number of hydrogen-bond donors (Lipinski definition) is 1. The Morgan fingerprint density at radius 1 is 1.28 bits per heavy atom. The van der Waals surface area contributed by atoms with E-state index in [4.69, 9.17) is 27.7 Å². The Balaban J connectivity index is 1.48. The molecule has 0 spiro atoms. The molecule has 0 aliphatic carbocycles. The highest BCUT2D eigenvalue weighted by atomic mass is 35.5. The van der Waals surface area contributed by atoms with E-state index in [2.05, 4.69) is 15.5 Å². The van der Waals surface area contributed by atoms with Crippen LogP contribution in [0.1, 0.15) is 31.0 Å². The van der Waals surface area contributed by atoms with Crippen LogP contribution in [0, 0.1) is 12.8 Å². The maximum Gasteiger partial charge on any atom is 0.246 e. The zero-order valence-electron chi connectivity index (χ0n) is 15.9. The molecule has 1 amide bonds. The van der Waals surface area contributed by atoms with Crippen LogP contribution in [-0.4, -0.2) is 48.4 Å². The van der Waals surface area contributed by atoms with Crippen molar-refractivity contribution in [3.8, 4) is 0 Å². The molecule has 1 aliphatic heterocycles. The van der Waals surface area contributed by atoms with E-state index in [1.54, 1.807) is 13.0 Å². The Kier molecular flexibility index (Phi) is 7.15. The fraction of sp³-hybridized carbons (Fsp3) is 0.500. The molecular weight excluding hydrogens is 439 g/mol. The van der Waals surface area contributed by atoms with Gasteiger partial charge in [0.2, 0.25) is 21.8 Å². The zero-order valence-corrected chi connectivity index (χ0v) is 18.2. The topological polar surface area (TPSA) is 105 Å². The van der Waals surface area contributed by atoms with Crippen molar-refractivity contribution >= 4 is 39.1 Å². The number of benzene rings is 1. The molecule has 0 atom stereocenters. The van der Waals surface area contributed by atoms with E-state index in [-0.39, 0.29) is 39.9 Å². The van der Waals surface area contributed by atoms with Gasteiger partial charge in [-0.1, -0.05) is 34.4 Å². The number of sulfonamides is 1. The smallest absolute Gasteiger partial charge is 0.246 e. The number of aromatic nitrogens is 2. The third-order valence-corrected chi connectivity index (χ3v) is 7.63. The van der Waals surface area contributed by atoms with Crippen molar-refractivity contribution < 1.29 is 17.7 Å². The summed E-state index contributed by atoms with van der Waals surface area (Å²) in [6, 6.07) is 4.59. The third kappa shape index (κ3) is 5.28. The average molecular weight is 461 g/mol. The molecular formula is C18H22Cl2N4O4S. The Hall–Kier alpha value is -1.68. The van der Waals surface area contributed by atoms with Gasteiger partial charge in [0.05, 0.1) is 10.0 Å². The normalized spacial score (nSPS) is 16.1. The summed E-state index contributed by atoms with van der Waals surface area (Å²) in [5.74, 6) is 0.839. The highest BCUT2D eigenvalue weighted by Gasteiger charge is 2.34. The Morgan fingerprint density at radius 2 is 1.93 bits per heavy atom. The number of carbonyl (C=O) groups is 1. The second-order valence-electron chi connectivity index (χ2n) is 6.86. The van der Waals surface area contributed by atoms with Gasteiger partial charge in [-0.25, -0.2) is 8.42 Å². The maximum atomic E-state index is 12.9. The predicted octanol–water partition coefficient (Wildman–Crippen LogP) is 2.83. The van der Waals surface area contributed by atoms with Gasteiger partial charge in [0, 0.05) is 32.0 Å². The lowest BCUT2D eigenvalue weighted by atomic mass is 9.97. The van der Waals surface area contributed by atoms with Gasteiger partial charge < -0.3 is 9.84 Å². The van der Waals surface area contributed by atoms with Gasteiger partial charge in [0.1, 0.15) is 4.90 Å². The molecule has 0 unspecified atom stereocenters. The van der Waals surface area contributed by atoms with E-state index in [1.165, 1.54) is 16.4 Å². The van der Waals surface area contributed by atoms with Crippen molar-refractivity contribution in [2.45, 2.75) is 37.5 Å². The molecule has 1 aromatic carbocycles. The SMILES string of the molecule is Cc1noc(CCCNC(=O)C2CCN(S(=O)(=O)c3c(Cl)cccc3Cl)CC2)n1. The largest absolute Gasteiger partial charge is 0.356 e. The number of carbonyl (C=O) groups excluding carboxylic acids is 1. The Morgan fingerprint density at radius 3 is 2.52 bits per heavy atom. The van der Waals surface area contributed by atoms with Crippen LogP contribution in [0.5, 0.6) is 0 Å². The van der Waals surface area contributed by atoms with E-state index in [0.717, 1.165) is 0 Å². The van der Waals surface area contributed by atoms with Crippen LogP contribution in [0.15, 0.2) is 27.6 Å². The summed E-state index contributed by atoms with van der Waals surface area (Å²) in [7, 11) is -3.81. The minimum Gasteiger partial charge on any atom is -0.356 e. The lowest BCUT2D eigenvalue weighted by Gasteiger charge is -2.31. The number of rotatable bonds is 7. The van der Waals surface area contributed by atoms with E-state index >= 15 is 0 Å². The highest BCUT2D eigenvalue weighted by molar-refractivity contribution is 7.89. The van der Waals surface area contributed by atoms with Gasteiger partial charge >= 0.3 is 0 Å². The van der Waals surface area contributed by atoms with Crippen LogP contribution in [0.2, 0.25) is 10.0 Å². The van der Waals surface area contributed by atoms with Crippen LogP contribution >= 0.6 is 23.2 Å². The van der Waals surface area contributed by atoms with Gasteiger partial charge in [0.25, 0.3) is 0 Å². The van der Waals surface area contributed by atoms with Gasteiger partial charge in [-0.3, -0.25) is 4.79 Å². The molecule has 0 radical (unpaired) electrons. The van der Waals surface area contributed by atoms with Gasteiger partial charge in [-0.2, -0.15) is 9.29 Å². The first kappa shape index (κ1) is 22.0. The number of aryl methyl sites for hydroxylation is 2. The predicted molar refractivity (Wildman–Crippen MR) is 108 cm³/mol. The third-order valence-electron chi connectivity index (χ3n) is 4.78. The molecule has 1 saturated heterocycles. The Labute approximate surface area is 179 Å². The van der Waals surface area contributed by atoms with Crippen molar-refractivity contribution in [2.75, 3.05) is 19.6 Å². The summed E-state index contributed by atoms with van der Waals surface area (Å²) in [4.78, 5) is 16.4. The minimum atomic E-state index is -3.81. The summed E-state index contributed by atoms with van der Waals surface area (Å²) < 4.78 is 32.1. The molecule has 29 heavy (non-hydrogen) atoms. The first-order valence-electron chi connectivity index (χ1n) is 9.30. The molecule has 11 heteroatoms. The molecule has 1 fully saturated rings. The van der Waals surface area contributed by atoms with Gasteiger partial charge in [0.15, 0.2) is 5.82 Å². The van der Waals surface area contributed by atoms with Crippen LogP contribution < -0.4 is 5.32 Å². The van der Waals surface area contributed by atoms with Crippen LogP contribution in [0.4, 0.5) is 0 Å². The van der Waals surface area contributed by atoms with Crippen LogP contribution in [0.3, 0.4) is 0 Å². The lowest BCUT2D eigenvalue weighted by molar-refractivity contribution is -0.126. The molecule has 8 nitrogen and oxygen atoms in total. The van der Waals surface area contributed by atoms with E-state index in [1.807, 2.05) is 0 Å². The van der Waals surface area contributed by atoms with Gasteiger partial charge in [-0.05, 0) is 38.3 Å². The summed E-state index contributed by atoms with van der Waals surface area (Å²) in [5.41, 5.74) is 0. The minimum absolute atomic E-state index is 0.0699. The lowest BCUT2D eigenvalue weighted by Crippen LogP contribution is -2.43. The molecule has 1 aromatic heterocycles. The number of nitrogens with zero attached hydrogens (tertiary/aromatic N) is 3. The molecule has 2 aromatic rings. The molecule has 3 rings (SSSR count). The van der Waals surface area contributed by atoms with E-state index in [9.17, 15) is 13.2 Å². The molecule has 158 valence electrons. The van der Waals surface area contributed by atoms with Crippen molar-refractivity contribution in [2.24, 2.45) is 5.92 Å². The first-order chi connectivity index (χ1) is 13.8. The fourth-order valence-corrected chi connectivity index (χ4v) is 5.81. The maximum absolute atomic E-state index is 12.9. The monoisotopic (exact) mass is 460 g/mol. The van der Waals surface area contributed by atoms with E-state index < -0.39 is 10.0 Å². The molecule has 1 aliphatic rings. The second kappa shape index (κ2) is 9.42. The Bertz CT molecular complexity index is 952. The van der Waals surface area contributed by atoms with Crippen molar-refractivity contribution in [1.82, 2.24) is 19.8 Å². The fourth-order valence-electron chi connectivity index (χ4n) is 3.25. The zero-order chi connectivity index (χ0) is 21.0. The van der Waals surface area contributed by atoms with Crippen molar-refractivity contribution in [3.05, 3.63) is 40.0 Å². The quantitative estimate of drug-likeness (QED) is 0.636. The van der Waals surface area contributed by atoms with E-state index in [0.29, 0.717) is 43.9 Å². The molecule has 0 bridgehead atoms. The van der Waals surface area contributed by atoms with Crippen LogP contribution in [0.25, 0.3) is 0 Å². The van der Waals surface area contributed by atoms with Crippen LogP contribution in [-0.2, 0) is 21.2 Å². The number of nitrogens with one attached hydrogen (secondary N) is 1. The second-order valence-corrected chi connectivity index (χ2v) is 9.55. The van der Waals surface area contributed by atoms with Crippen molar-refractivity contribution in [1.29, 1.82) is 0 Å². The number of hydrogen-bond acceptors (Lipinski definition) is 6.